The number of fused-ring (bicyclic) bond motifs is 2. The molecule has 136 valence electrons. The van der Waals surface area contributed by atoms with E-state index in [1.807, 2.05) is 0 Å². The lowest BCUT2D eigenvalue weighted by molar-refractivity contribution is -0.196. The first-order chi connectivity index (χ1) is 12.4. The molecular formula is C18H16F3N3O2. The maximum absolute atomic E-state index is 13.3. The predicted molar refractivity (Wildman–Crippen MR) is 87.0 cm³/mol. The SMILES string of the molecule is O=C(Nc1ccc(-c2cncnc2)cc1)C1C2CCC(O2)C1C(F)(F)F. The maximum atomic E-state index is 13.3. The number of amides is 1. The van der Waals surface area contributed by atoms with Crippen molar-refractivity contribution in [2.24, 2.45) is 11.8 Å². The van der Waals surface area contributed by atoms with Gasteiger partial charge in [0, 0.05) is 23.6 Å². The number of nitrogens with one attached hydrogen (secondary N) is 1. The van der Waals surface area contributed by atoms with E-state index in [0.717, 1.165) is 11.1 Å². The molecule has 2 aliphatic heterocycles. The number of aromatic nitrogens is 2. The van der Waals surface area contributed by atoms with E-state index in [1.54, 1.807) is 36.7 Å². The standard InChI is InChI=1S/C18H16F3N3O2/c19-18(20,21)16-14-6-5-13(26-14)15(16)17(25)24-12-3-1-10(2-4-12)11-7-22-9-23-8-11/h1-4,7-9,13-16H,5-6H2,(H,24,25). The number of hydrogen-bond acceptors (Lipinski definition) is 4. The Kier molecular flexibility index (Phi) is 4.14. The molecule has 5 nitrogen and oxygen atoms in total. The normalized spacial score (nSPS) is 27.5. The highest BCUT2D eigenvalue weighted by atomic mass is 19.4. The molecule has 1 aromatic carbocycles. The highest BCUT2D eigenvalue weighted by Crippen LogP contribution is 2.50. The molecule has 26 heavy (non-hydrogen) atoms. The van der Waals surface area contributed by atoms with Crippen LogP contribution >= 0.6 is 0 Å². The van der Waals surface area contributed by atoms with Crippen molar-refractivity contribution in [2.45, 2.75) is 31.2 Å². The number of alkyl halides is 3. The molecule has 0 aliphatic carbocycles. The molecule has 8 heteroatoms. The van der Waals surface area contributed by atoms with Crippen LogP contribution in [0.3, 0.4) is 0 Å². The predicted octanol–water partition coefficient (Wildman–Crippen LogP) is 3.44. The van der Waals surface area contributed by atoms with E-state index in [4.69, 9.17) is 4.74 Å². The Labute approximate surface area is 147 Å². The molecule has 0 saturated carbocycles. The number of carbonyl (C=O) groups excluding carboxylic acids is 1. The molecule has 2 fully saturated rings. The van der Waals surface area contributed by atoms with Gasteiger partial charge in [-0.1, -0.05) is 12.1 Å². The fourth-order valence-corrected chi connectivity index (χ4v) is 3.85. The van der Waals surface area contributed by atoms with Crippen LogP contribution in [0.25, 0.3) is 11.1 Å². The zero-order chi connectivity index (χ0) is 18.3. The van der Waals surface area contributed by atoms with Gasteiger partial charge in [-0.15, -0.1) is 0 Å². The van der Waals surface area contributed by atoms with Crippen molar-refractivity contribution in [3.8, 4) is 11.1 Å². The van der Waals surface area contributed by atoms with Gasteiger partial charge in [0.25, 0.3) is 0 Å². The molecule has 2 aromatic rings. The molecule has 4 atom stereocenters. The Morgan fingerprint density at radius 1 is 1.04 bits per heavy atom. The Hall–Kier alpha value is -2.48. The van der Waals surface area contributed by atoms with Crippen molar-refractivity contribution in [3.05, 3.63) is 43.0 Å². The second kappa shape index (κ2) is 6.35. The summed E-state index contributed by atoms with van der Waals surface area (Å²) < 4.78 is 45.4. The summed E-state index contributed by atoms with van der Waals surface area (Å²) in [5.74, 6) is -3.58. The Morgan fingerprint density at radius 3 is 2.35 bits per heavy atom. The third kappa shape index (κ3) is 3.05. The highest BCUT2D eigenvalue weighted by Gasteiger charge is 2.62. The first-order valence-corrected chi connectivity index (χ1v) is 8.32. The minimum atomic E-state index is -4.45. The number of nitrogens with zero attached hydrogens (tertiary/aromatic N) is 2. The molecule has 1 N–H and O–H groups in total. The number of hydrogen-bond donors (Lipinski definition) is 1. The first kappa shape index (κ1) is 17.0. The fourth-order valence-electron chi connectivity index (χ4n) is 3.85. The summed E-state index contributed by atoms with van der Waals surface area (Å²) in [6.45, 7) is 0. The van der Waals surface area contributed by atoms with Crippen LogP contribution in [0, 0.1) is 11.8 Å². The Bertz CT molecular complexity index is 796. The van der Waals surface area contributed by atoms with Gasteiger partial charge in [-0.3, -0.25) is 4.79 Å². The van der Waals surface area contributed by atoms with Crippen molar-refractivity contribution in [3.63, 3.8) is 0 Å². The molecule has 4 rings (SSSR count). The number of ether oxygens (including phenoxy) is 1. The lowest BCUT2D eigenvalue weighted by Gasteiger charge is -2.28. The molecule has 0 radical (unpaired) electrons. The van der Waals surface area contributed by atoms with E-state index in [2.05, 4.69) is 15.3 Å². The third-order valence-electron chi connectivity index (χ3n) is 5.00. The van der Waals surface area contributed by atoms with Crippen molar-refractivity contribution in [1.29, 1.82) is 0 Å². The van der Waals surface area contributed by atoms with Crippen LogP contribution in [0.15, 0.2) is 43.0 Å². The quantitative estimate of drug-likeness (QED) is 0.907. The molecule has 3 heterocycles. The smallest absolute Gasteiger partial charge is 0.373 e. The molecule has 4 unspecified atom stereocenters. The van der Waals surface area contributed by atoms with Crippen molar-refractivity contribution in [2.75, 3.05) is 5.32 Å². The molecule has 2 bridgehead atoms. The van der Waals surface area contributed by atoms with Gasteiger partial charge in [0.1, 0.15) is 6.33 Å². The van der Waals surface area contributed by atoms with Crippen molar-refractivity contribution >= 4 is 11.6 Å². The van der Waals surface area contributed by atoms with Crippen LogP contribution in [-0.4, -0.2) is 34.3 Å². The fraction of sp³-hybridized carbons (Fsp3) is 0.389. The Balaban J connectivity index is 1.49. The van der Waals surface area contributed by atoms with E-state index in [9.17, 15) is 18.0 Å². The van der Waals surface area contributed by atoms with Gasteiger partial charge in [-0.05, 0) is 30.5 Å². The summed E-state index contributed by atoms with van der Waals surface area (Å²) in [5.41, 5.74) is 2.10. The van der Waals surface area contributed by atoms with Gasteiger partial charge >= 0.3 is 6.18 Å². The zero-order valence-corrected chi connectivity index (χ0v) is 13.6. The summed E-state index contributed by atoms with van der Waals surface area (Å²) in [7, 11) is 0. The first-order valence-electron chi connectivity index (χ1n) is 8.32. The number of carbonyl (C=O) groups is 1. The topological polar surface area (TPSA) is 64.1 Å². The van der Waals surface area contributed by atoms with Crippen LogP contribution in [0.5, 0.6) is 0 Å². The second-order valence-electron chi connectivity index (χ2n) is 6.58. The van der Waals surface area contributed by atoms with E-state index < -0.39 is 36.1 Å². The van der Waals surface area contributed by atoms with Crippen LogP contribution in [0.1, 0.15) is 12.8 Å². The number of anilines is 1. The average Bonchev–Trinajstić information content (AvgIpc) is 3.24. The van der Waals surface area contributed by atoms with Gasteiger partial charge in [0.05, 0.1) is 24.0 Å². The Morgan fingerprint density at radius 2 is 1.69 bits per heavy atom. The van der Waals surface area contributed by atoms with E-state index in [1.165, 1.54) is 6.33 Å². The minimum absolute atomic E-state index is 0.354. The number of rotatable bonds is 3. The van der Waals surface area contributed by atoms with Gasteiger partial charge < -0.3 is 10.1 Å². The van der Waals surface area contributed by atoms with E-state index in [0.29, 0.717) is 18.5 Å². The van der Waals surface area contributed by atoms with E-state index in [-0.39, 0.29) is 0 Å². The molecular weight excluding hydrogens is 347 g/mol. The van der Waals surface area contributed by atoms with Crippen molar-refractivity contribution < 1.29 is 22.7 Å². The van der Waals surface area contributed by atoms with Crippen LogP contribution in [0.4, 0.5) is 18.9 Å². The average molecular weight is 363 g/mol. The highest BCUT2D eigenvalue weighted by molar-refractivity contribution is 5.93. The monoisotopic (exact) mass is 363 g/mol. The summed E-state index contributed by atoms with van der Waals surface area (Å²) >= 11 is 0. The number of benzene rings is 1. The third-order valence-corrected chi connectivity index (χ3v) is 5.00. The van der Waals surface area contributed by atoms with E-state index >= 15 is 0 Å². The van der Waals surface area contributed by atoms with Crippen molar-refractivity contribution in [1.82, 2.24) is 9.97 Å². The van der Waals surface area contributed by atoms with Crippen LogP contribution in [-0.2, 0) is 9.53 Å². The zero-order valence-electron chi connectivity index (χ0n) is 13.6. The molecule has 2 aliphatic rings. The maximum Gasteiger partial charge on any atom is 0.395 e. The molecule has 1 amide bonds. The second-order valence-corrected chi connectivity index (χ2v) is 6.58. The summed E-state index contributed by atoms with van der Waals surface area (Å²) in [5, 5.41) is 2.60. The van der Waals surface area contributed by atoms with Gasteiger partial charge in [-0.2, -0.15) is 13.2 Å². The summed E-state index contributed by atoms with van der Waals surface area (Å²) in [6, 6.07) is 6.81. The van der Waals surface area contributed by atoms with Crippen LogP contribution in [0.2, 0.25) is 0 Å². The molecule has 2 saturated heterocycles. The van der Waals surface area contributed by atoms with Gasteiger partial charge in [0.15, 0.2) is 0 Å². The summed E-state index contributed by atoms with van der Waals surface area (Å²) in [6.07, 6.45) is -0.439. The lowest BCUT2D eigenvalue weighted by atomic mass is 9.78. The van der Waals surface area contributed by atoms with Gasteiger partial charge in [0.2, 0.25) is 5.91 Å². The molecule has 1 aromatic heterocycles. The lowest BCUT2D eigenvalue weighted by Crippen LogP contribution is -2.44. The largest absolute Gasteiger partial charge is 0.395 e. The summed E-state index contributed by atoms with van der Waals surface area (Å²) in [4.78, 5) is 20.4. The van der Waals surface area contributed by atoms with Gasteiger partial charge in [-0.25, -0.2) is 9.97 Å². The van der Waals surface area contributed by atoms with Crippen LogP contribution < -0.4 is 5.32 Å². The minimum Gasteiger partial charge on any atom is -0.373 e. The number of halogens is 3. The molecule has 0 spiro atoms.